The first-order chi connectivity index (χ1) is 7.69. The highest BCUT2D eigenvalue weighted by Crippen LogP contribution is 2.34. The van der Waals surface area contributed by atoms with Crippen molar-refractivity contribution in [2.45, 2.75) is 52.4 Å². The molecule has 0 amide bonds. The molecule has 0 aromatic carbocycles. The van der Waals surface area contributed by atoms with Crippen LogP contribution in [0.3, 0.4) is 0 Å². The van der Waals surface area contributed by atoms with Crippen molar-refractivity contribution in [1.82, 2.24) is 9.97 Å². The Balaban J connectivity index is 2.78. The van der Waals surface area contributed by atoms with E-state index in [1.807, 2.05) is 0 Å². The molecule has 0 saturated carbocycles. The van der Waals surface area contributed by atoms with E-state index in [-0.39, 0.29) is 10.8 Å². The smallest absolute Gasteiger partial charge is 0.198 e. The first kappa shape index (κ1) is 12.1. The maximum atomic E-state index is 5.35. The molecule has 0 fully saturated rings. The highest BCUT2D eigenvalue weighted by Gasteiger charge is 2.27. The Kier molecular flexibility index (Phi) is 2.53. The summed E-state index contributed by atoms with van der Waals surface area (Å²) in [6.07, 6.45) is 1.45. The summed E-state index contributed by atoms with van der Waals surface area (Å²) in [5.41, 5.74) is 3.86. The SMILES string of the molecule is CC(C)(C)c1cc2ocnc2nc1C(C)(C)C. The molecular weight excluding hydrogens is 212 g/mol. The van der Waals surface area contributed by atoms with E-state index in [0.29, 0.717) is 5.65 Å². The number of fused-ring (bicyclic) bond motifs is 1. The summed E-state index contributed by atoms with van der Waals surface area (Å²) in [5.74, 6) is 0. The molecule has 2 heterocycles. The Morgan fingerprint density at radius 3 is 2.18 bits per heavy atom. The van der Waals surface area contributed by atoms with Gasteiger partial charge >= 0.3 is 0 Å². The molecule has 0 radical (unpaired) electrons. The van der Waals surface area contributed by atoms with Gasteiger partial charge < -0.3 is 4.42 Å². The third-order valence-corrected chi connectivity index (χ3v) is 2.84. The third kappa shape index (κ3) is 2.19. The van der Waals surface area contributed by atoms with Crippen molar-refractivity contribution < 1.29 is 4.42 Å². The molecule has 2 aromatic rings. The number of pyridine rings is 1. The van der Waals surface area contributed by atoms with E-state index in [9.17, 15) is 0 Å². The van der Waals surface area contributed by atoms with Crippen LogP contribution in [0.1, 0.15) is 52.8 Å². The number of oxazole rings is 1. The first-order valence-electron chi connectivity index (χ1n) is 5.95. The van der Waals surface area contributed by atoms with Crippen molar-refractivity contribution in [3.63, 3.8) is 0 Å². The lowest BCUT2D eigenvalue weighted by atomic mass is 9.78. The van der Waals surface area contributed by atoms with Gasteiger partial charge in [-0.2, -0.15) is 4.98 Å². The van der Waals surface area contributed by atoms with Gasteiger partial charge in [0.15, 0.2) is 17.6 Å². The van der Waals surface area contributed by atoms with Crippen LogP contribution in [0, 0.1) is 0 Å². The van der Waals surface area contributed by atoms with Crippen LogP contribution in [0.5, 0.6) is 0 Å². The van der Waals surface area contributed by atoms with Gasteiger partial charge in [0.1, 0.15) is 0 Å². The van der Waals surface area contributed by atoms with Crippen molar-refractivity contribution in [2.75, 3.05) is 0 Å². The lowest BCUT2D eigenvalue weighted by Crippen LogP contribution is -2.23. The molecule has 2 rings (SSSR count). The van der Waals surface area contributed by atoms with Gasteiger partial charge in [-0.1, -0.05) is 41.5 Å². The summed E-state index contributed by atoms with van der Waals surface area (Å²) < 4.78 is 5.35. The van der Waals surface area contributed by atoms with E-state index in [0.717, 1.165) is 11.3 Å². The Labute approximate surface area is 102 Å². The van der Waals surface area contributed by atoms with Crippen LogP contribution < -0.4 is 0 Å². The van der Waals surface area contributed by atoms with Gasteiger partial charge in [0.05, 0.1) is 5.69 Å². The third-order valence-electron chi connectivity index (χ3n) is 2.84. The zero-order chi connectivity index (χ0) is 12.8. The van der Waals surface area contributed by atoms with Crippen molar-refractivity contribution in [2.24, 2.45) is 0 Å². The molecule has 0 N–H and O–H groups in total. The predicted octanol–water partition coefficient (Wildman–Crippen LogP) is 3.82. The lowest BCUT2D eigenvalue weighted by Gasteiger charge is -2.28. The molecule has 0 spiro atoms. The molecule has 0 atom stereocenters. The highest BCUT2D eigenvalue weighted by molar-refractivity contribution is 5.69. The standard InChI is InChI=1S/C14H20N2O/c1-13(2,3)9-7-10-12(15-8-17-10)16-11(9)14(4,5)6/h7-8H,1-6H3. The molecular formula is C14H20N2O. The topological polar surface area (TPSA) is 38.9 Å². The Bertz CT molecular complexity index is 493. The average Bonchev–Trinajstić information content (AvgIpc) is 2.59. The molecule has 0 aliphatic heterocycles. The molecule has 0 saturated heterocycles. The Morgan fingerprint density at radius 1 is 1.00 bits per heavy atom. The maximum Gasteiger partial charge on any atom is 0.198 e. The molecule has 2 aromatic heterocycles. The second-order valence-electron chi connectivity index (χ2n) is 6.56. The fourth-order valence-electron chi connectivity index (χ4n) is 1.94. The summed E-state index contributed by atoms with van der Waals surface area (Å²) in [7, 11) is 0. The van der Waals surface area contributed by atoms with Gasteiger partial charge in [-0.25, -0.2) is 4.98 Å². The van der Waals surface area contributed by atoms with Crippen LogP contribution in [0.25, 0.3) is 11.2 Å². The van der Waals surface area contributed by atoms with Gasteiger partial charge in [-0.3, -0.25) is 0 Å². The summed E-state index contributed by atoms with van der Waals surface area (Å²) in [6, 6.07) is 2.08. The first-order valence-corrected chi connectivity index (χ1v) is 5.95. The number of aromatic nitrogens is 2. The van der Waals surface area contributed by atoms with Crippen LogP contribution in [0.4, 0.5) is 0 Å². The molecule has 3 heteroatoms. The number of nitrogens with zero attached hydrogens (tertiary/aromatic N) is 2. The van der Waals surface area contributed by atoms with Crippen LogP contribution >= 0.6 is 0 Å². The molecule has 0 unspecified atom stereocenters. The van der Waals surface area contributed by atoms with E-state index in [1.165, 1.54) is 12.0 Å². The van der Waals surface area contributed by atoms with Crippen molar-refractivity contribution in [3.05, 3.63) is 23.7 Å². The minimum absolute atomic E-state index is 0.00968. The van der Waals surface area contributed by atoms with Gasteiger partial charge in [0.25, 0.3) is 0 Å². The van der Waals surface area contributed by atoms with Gasteiger partial charge in [0.2, 0.25) is 0 Å². The lowest BCUT2D eigenvalue weighted by molar-refractivity contribution is 0.514. The van der Waals surface area contributed by atoms with Crippen molar-refractivity contribution >= 4 is 11.2 Å². The summed E-state index contributed by atoms with van der Waals surface area (Å²) in [4.78, 5) is 8.81. The molecule has 0 bridgehead atoms. The summed E-state index contributed by atoms with van der Waals surface area (Å²) in [5, 5.41) is 0. The minimum Gasteiger partial charge on any atom is -0.442 e. The predicted molar refractivity (Wildman–Crippen MR) is 69.2 cm³/mol. The second kappa shape index (κ2) is 3.56. The van der Waals surface area contributed by atoms with E-state index < -0.39 is 0 Å². The zero-order valence-corrected chi connectivity index (χ0v) is 11.5. The van der Waals surface area contributed by atoms with Crippen LogP contribution in [-0.2, 0) is 10.8 Å². The number of hydrogen-bond donors (Lipinski definition) is 0. The van der Waals surface area contributed by atoms with E-state index in [4.69, 9.17) is 4.42 Å². The molecule has 92 valence electrons. The molecule has 17 heavy (non-hydrogen) atoms. The number of hydrogen-bond acceptors (Lipinski definition) is 3. The number of rotatable bonds is 0. The normalized spacial score (nSPS) is 13.3. The summed E-state index contributed by atoms with van der Waals surface area (Å²) >= 11 is 0. The van der Waals surface area contributed by atoms with E-state index in [1.54, 1.807) is 0 Å². The van der Waals surface area contributed by atoms with E-state index in [2.05, 4.69) is 57.6 Å². The second-order valence-corrected chi connectivity index (χ2v) is 6.56. The molecule has 3 nitrogen and oxygen atoms in total. The van der Waals surface area contributed by atoms with Crippen molar-refractivity contribution in [3.8, 4) is 0 Å². The zero-order valence-electron chi connectivity index (χ0n) is 11.5. The fourth-order valence-corrected chi connectivity index (χ4v) is 1.94. The van der Waals surface area contributed by atoms with Gasteiger partial charge in [-0.05, 0) is 17.0 Å². The van der Waals surface area contributed by atoms with E-state index >= 15 is 0 Å². The quantitative estimate of drug-likeness (QED) is 0.693. The van der Waals surface area contributed by atoms with Crippen molar-refractivity contribution in [1.29, 1.82) is 0 Å². The highest BCUT2D eigenvalue weighted by atomic mass is 16.3. The average molecular weight is 232 g/mol. The Morgan fingerprint density at radius 2 is 1.65 bits per heavy atom. The van der Waals surface area contributed by atoms with Crippen LogP contribution in [0.15, 0.2) is 16.9 Å². The van der Waals surface area contributed by atoms with Crippen LogP contribution in [0.2, 0.25) is 0 Å². The van der Waals surface area contributed by atoms with Gasteiger partial charge in [0, 0.05) is 5.41 Å². The molecule has 0 aliphatic rings. The largest absolute Gasteiger partial charge is 0.442 e. The molecule has 0 aliphatic carbocycles. The maximum absolute atomic E-state index is 5.35. The van der Waals surface area contributed by atoms with Gasteiger partial charge in [-0.15, -0.1) is 0 Å². The monoisotopic (exact) mass is 232 g/mol. The summed E-state index contributed by atoms with van der Waals surface area (Å²) in [6.45, 7) is 13.1. The fraction of sp³-hybridized carbons (Fsp3) is 0.571. The minimum atomic E-state index is 0.00968. The van der Waals surface area contributed by atoms with Crippen LogP contribution in [-0.4, -0.2) is 9.97 Å². The Hall–Kier alpha value is -1.38.